The lowest BCUT2D eigenvalue weighted by molar-refractivity contribution is 0.102. The molecule has 0 saturated heterocycles. The number of thiazole rings is 1. The fourth-order valence-electron chi connectivity index (χ4n) is 2.73. The molecule has 4 nitrogen and oxygen atoms in total. The van der Waals surface area contributed by atoms with Gasteiger partial charge in [-0.2, -0.15) is 0 Å². The largest absolute Gasteiger partial charge is 0.321 e. The number of nitrogens with zero attached hydrogens (tertiary/aromatic N) is 2. The molecule has 120 valence electrons. The van der Waals surface area contributed by atoms with Crippen LogP contribution in [-0.4, -0.2) is 15.3 Å². The van der Waals surface area contributed by atoms with Crippen molar-refractivity contribution in [1.82, 2.24) is 9.38 Å². The van der Waals surface area contributed by atoms with Gasteiger partial charge >= 0.3 is 0 Å². The van der Waals surface area contributed by atoms with Crippen molar-refractivity contribution in [2.75, 3.05) is 5.32 Å². The summed E-state index contributed by atoms with van der Waals surface area (Å²) in [6.07, 6.45) is 1.92. The number of aromatic nitrogens is 2. The first-order valence-corrected chi connectivity index (χ1v) is 9.26. The molecule has 0 bridgehead atoms. The van der Waals surface area contributed by atoms with Crippen LogP contribution in [0.5, 0.6) is 0 Å². The molecule has 1 N–H and O–H groups in total. The standard InChI is InChI=1S/C18H15N3OS2/c1-11-6-12(2)8-13(7-11)19-17(22)15-10-24-18-20-14(9-21(15)18)16-4-3-5-23-16/h3-10H,1-2H3,(H,19,22). The Kier molecular flexibility index (Phi) is 3.70. The van der Waals surface area contributed by atoms with Gasteiger partial charge in [-0.25, -0.2) is 4.98 Å². The maximum absolute atomic E-state index is 12.7. The van der Waals surface area contributed by atoms with Gasteiger partial charge < -0.3 is 5.32 Å². The monoisotopic (exact) mass is 353 g/mol. The number of rotatable bonds is 3. The molecule has 3 heterocycles. The summed E-state index contributed by atoms with van der Waals surface area (Å²) in [5.74, 6) is -0.124. The van der Waals surface area contributed by atoms with Gasteiger partial charge in [0.05, 0.1) is 4.88 Å². The fourth-order valence-corrected chi connectivity index (χ4v) is 4.27. The third-order valence-electron chi connectivity index (χ3n) is 3.69. The van der Waals surface area contributed by atoms with Crippen molar-refractivity contribution in [3.05, 3.63) is 64.1 Å². The summed E-state index contributed by atoms with van der Waals surface area (Å²) in [6.45, 7) is 4.04. The highest BCUT2D eigenvalue weighted by molar-refractivity contribution is 7.15. The number of nitrogens with one attached hydrogen (secondary N) is 1. The molecule has 0 aliphatic rings. The molecule has 24 heavy (non-hydrogen) atoms. The third kappa shape index (κ3) is 2.74. The lowest BCUT2D eigenvalue weighted by Crippen LogP contribution is -2.14. The number of carbonyl (C=O) groups excluding carboxylic acids is 1. The van der Waals surface area contributed by atoms with E-state index in [0.29, 0.717) is 5.69 Å². The van der Waals surface area contributed by atoms with Gasteiger partial charge in [0, 0.05) is 17.3 Å². The average molecular weight is 353 g/mol. The summed E-state index contributed by atoms with van der Waals surface area (Å²) in [7, 11) is 0. The van der Waals surface area contributed by atoms with Gasteiger partial charge in [-0.3, -0.25) is 9.20 Å². The Balaban J connectivity index is 1.67. The zero-order valence-corrected chi connectivity index (χ0v) is 14.9. The Morgan fingerprint density at radius 3 is 2.67 bits per heavy atom. The van der Waals surface area contributed by atoms with E-state index in [0.717, 1.165) is 32.3 Å². The van der Waals surface area contributed by atoms with Crippen LogP contribution in [0.4, 0.5) is 5.69 Å². The number of fused-ring (bicyclic) bond motifs is 1. The fraction of sp³-hybridized carbons (Fsp3) is 0.111. The summed E-state index contributed by atoms with van der Waals surface area (Å²) in [6, 6.07) is 10.1. The predicted octanol–water partition coefficient (Wildman–Crippen LogP) is 4.99. The number of imidazole rings is 1. The van der Waals surface area contributed by atoms with Crippen LogP contribution in [0.25, 0.3) is 15.5 Å². The molecule has 0 fully saturated rings. The third-order valence-corrected chi connectivity index (χ3v) is 5.43. The topological polar surface area (TPSA) is 46.4 Å². The SMILES string of the molecule is Cc1cc(C)cc(NC(=O)c2csc3nc(-c4cccs4)cn23)c1. The van der Waals surface area contributed by atoms with Crippen LogP contribution in [0.15, 0.2) is 47.3 Å². The highest BCUT2D eigenvalue weighted by Gasteiger charge is 2.16. The van der Waals surface area contributed by atoms with Gasteiger partial charge in [-0.1, -0.05) is 12.1 Å². The van der Waals surface area contributed by atoms with Crippen molar-refractivity contribution in [2.45, 2.75) is 13.8 Å². The number of amides is 1. The van der Waals surface area contributed by atoms with E-state index in [4.69, 9.17) is 0 Å². The van der Waals surface area contributed by atoms with Crippen LogP contribution in [0.2, 0.25) is 0 Å². The van der Waals surface area contributed by atoms with Gasteiger partial charge in [0.25, 0.3) is 5.91 Å². The van der Waals surface area contributed by atoms with Gasteiger partial charge in [0.1, 0.15) is 11.4 Å². The van der Waals surface area contributed by atoms with E-state index < -0.39 is 0 Å². The zero-order chi connectivity index (χ0) is 16.7. The Labute approximate surface area is 147 Å². The molecule has 0 radical (unpaired) electrons. The quantitative estimate of drug-likeness (QED) is 0.564. The normalized spacial score (nSPS) is 11.1. The molecule has 1 amide bonds. The van der Waals surface area contributed by atoms with Crippen molar-refractivity contribution in [3.8, 4) is 10.6 Å². The smallest absolute Gasteiger partial charge is 0.273 e. The number of aryl methyl sites for hydroxylation is 2. The lowest BCUT2D eigenvalue weighted by atomic mass is 10.1. The van der Waals surface area contributed by atoms with E-state index >= 15 is 0 Å². The van der Waals surface area contributed by atoms with E-state index in [9.17, 15) is 4.79 Å². The van der Waals surface area contributed by atoms with Crippen molar-refractivity contribution < 1.29 is 4.79 Å². The van der Waals surface area contributed by atoms with Crippen LogP contribution < -0.4 is 5.32 Å². The van der Waals surface area contributed by atoms with E-state index in [1.165, 1.54) is 11.3 Å². The van der Waals surface area contributed by atoms with Crippen molar-refractivity contribution >= 4 is 39.2 Å². The molecule has 3 aromatic heterocycles. The van der Waals surface area contributed by atoms with Crippen LogP contribution in [0.3, 0.4) is 0 Å². The van der Waals surface area contributed by atoms with E-state index in [2.05, 4.69) is 16.4 Å². The second-order valence-corrected chi connectivity index (χ2v) is 7.49. The highest BCUT2D eigenvalue weighted by Crippen LogP contribution is 2.27. The van der Waals surface area contributed by atoms with Gasteiger partial charge in [-0.15, -0.1) is 22.7 Å². The van der Waals surface area contributed by atoms with Crippen LogP contribution >= 0.6 is 22.7 Å². The van der Waals surface area contributed by atoms with Crippen molar-refractivity contribution in [2.24, 2.45) is 0 Å². The maximum Gasteiger partial charge on any atom is 0.273 e. The molecule has 1 aromatic carbocycles. The number of hydrogen-bond acceptors (Lipinski definition) is 4. The molecule has 0 unspecified atom stereocenters. The molecule has 0 aliphatic heterocycles. The molecule has 6 heteroatoms. The Bertz CT molecular complexity index is 1010. The highest BCUT2D eigenvalue weighted by atomic mass is 32.1. The van der Waals surface area contributed by atoms with Crippen molar-refractivity contribution in [3.63, 3.8) is 0 Å². The molecule has 0 spiro atoms. The Morgan fingerprint density at radius 1 is 1.17 bits per heavy atom. The molecular formula is C18H15N3OS2. The maximum atomic E-state index is 12.7. The molecule has 0 saturated carbocycles. The Hall–Kier alpha value is -2.44. The molecule has 4 rings (SSSR count). The van der Waals surface area contributed by atoms with Crippen LogP contribution in [0, 0.1) is 13.8 Å². The minimum Gasteiger partial charge on any atom is -0.321 e. The molecular weight excluding hydrogens is 338 g/mol. The molecule has 0 atom stereocenters. The summed E-state index contributed by atoms with van der Waals surface area (Å²) in [5.41, 5.74) is 4.57. The van der Waals surface area contributed by atoms with Gasteiger partial charge in [-0.05, 0) is 48.6 Å². The average Bonchev–Trinajstić information content (AvgIpc) is 3.22. The summed E-state index contributed by atoms with van der Waals surface area (Å²) in [4.78, 5) is 19.2. The second kappa shape index (κ2) is 5.89. The molecule has 4 aromatic rings. The van der Waals surface area contributed by atoms with E-state index in [1.54, 1.807) is 11.3 Å². The zero-order valence-electron chi connectivity index (χ0n) is 13.2. The molecule has 0 aliphatic carbocycles. The number of anilines is 1. The Morgan fingerprint density at radius 2 is 1.96 bits per heavy atom. The first-order chi connectivity index (χ1) is 11.6. The van der Waals surface area contributed by atoms with E-state index in [1.807, 2.05) is 59.5 Å². The number of thiophene rings is 1. The van der Waals surface area contributed by atoms with Gasteiger partial charge in [0.2, 0.25) is 0 Å². The summed E-state index contributed by atoms with van der Waals surface area (Å²) >= 11 is 3.12. The minimum atomic E-state index is -0.124. The first kappa shape index (κ1) is 15.1. The summed E-state index contributed by atoms with van der Waals surface area (Å²) in [5, 5.41) is 6.85. The number of carbonyl (C=O) groups is 1. The van der Waals surface area contributed by atoms with Crippen LogP contribution in [0.1, 0.15) is 21.6 Å². The van der Waals surface area contributed by atoms with Crippen LogP contribution in [-0.2, 0) is 0 Å². The summed E-state index contributed by atoms with van der Waals surface area (Å²) < 4.78 is 1.86. The lowest BCUT2D eigenvalue weighted by Gasteiger charge is -2.07. The number of benzene rings is 1. The number of hydrogen-bond donors (Lipinski definition) is 1. The predicted molar refractivity (Wildman–Crippen MR) is 100 cm³/mol. The van der Waals surface area contributed by atoms with Crippen molar-refractivity contribution in [1.29, 1.82) is 0 Å². The second-order valence-electron chi connectivity index (χ2n) is 5.71. The minimum absolute atomic E-state index is 0.124. The van der Waals surface area contributed by atoms with E-state index in [-0.39, 0.29) is 5.91 Å². The van der Waals surface area contributed by atoms with Gasteiger partial charge in [0.15, 0.2) is 4.96 Å². The first-order valence-electron chi connectivity index (χ1n) is 7.50.